The van der Waals surface area contributed by atoms with Crippen molar-refractivity contribution in [2.24, 2.45) is 0 Å². The van der Waals surface area contributed by atoms with Crippen LogP contribution >= 0.6 is 11.6 Å². The molecule has 2 aromatic carbocycles. The number of halogens is 1. The maximum Gasteiger partial charge on any atom is 0.0744 e. The Hall–Kier alpha value is -2.65. The number of rotatable bonds is 2. The van der Waals surface area contributed by atoms with E-state index in [1.165, 1.54) is 10.9 Å². The number of para-hydroxylation sites is 1. The Balaban J connectivity index is 1.82. The van der Waals surface area contributed by atoms with Gasteiger partial charge in [-0.25, -0.2) is 9.67 Å². The van der Waals surface area contributed by atoms with E-state index in [0.29, 0.717) is 0 Å². The highest BCUT2D eigenvalue weighted by molar-refractivity contribution is 6.31. The molecular weight excluding hydrogens is 318 g/mol. The van der Waals surface area contributed by atoms with Crippen LogP contribution in [0, 0.1) is 13.8 Å². The van der Waals surface area contributed by atoms with Crippen LogP contribution in [-0.4, -0.2) is 14.8 Å². The summed E-state index contributed by atoms with van der Waals surface area (Å²) in [6.45, 7) is 4.11. The number of aromatic nitrogens is 3. The van der Waals surface area contributed by atoms with Crippen molar-refractivity contribution >= 4 is 22.5 Å². The maximum atomic E-state index is 6.22. The Morgan fingerprint density at radius 2 is 1.83 bits per heavy atom. The molecule has 4 heteroatoms. The van der Waals surface area contributed by atoms with Gasteiger partial charge in [-0.15, -0.1) is 0 Å². The summed E-state index contributed by atoms with van der Waals surface area (Å²) in [5.74, 6) is 0. The van der Waals surface area contributed by atoms with Crippen LogP contribution in [0.15, 0.2) is 60.9 Å². The number of fused-ring (bicyclic) bond motifs is 1. The second-order valence-corrected chi connectivity index (χ2v) is 6.31. The molecule has 4 aromatic rings. The quantitative estimate of drug-likeness (QED) is 0.494. The largest absolute Gasteiger partial charge is 0.248 e. The van der Waals surface area contributed by atoms with Gasteiger partial charge in [0.05, 0.1) is 23.1 Å². The second-order valence-electron chi connectivity index (χ2n) is 5.90. The van der Waals surface area contributed by atoms with E-state index in [0.717, 1.165) is 33.0 Å². The minimum atomic E-state index is 0.740. The third-order valence-electron chi connectivity index (χ3n) is 4.29. The Kier molecular flexibility index (Phi) is 3.58. The molecule has 0 amide bonds. The summed E-state index contributed by atoms with van der Waals surface area (Å²) in [6.07, 6.45) is 3.84. The van der Waals surface area contributed by atoms with Gasteiger partial charge >= 0.3 is 0 Å². The lowest BCUT2D eigenvalue weighted by Gasteiger charge is -2.07. The van der Waals surface area contributed by atoms with Gasteiger partial charge in [0.15, 0.2) is 0 Å². The average Bonchev–Trinajstić information content (AvgIpc) is 3.07. The van der Waals surface area contributed by atoms with Crippen molar-refractivity contribution in [3.8, 4) is 16.9 Å². The lowest BCUT2D eigenvalue weighted by Crippen LogP contribution is -1.97. The molecule has 0 aliphatic carbocycles. The maximum absolute atomic E-state index is 6.22. The molecule has 0 spiro atoms. The highest BCUT2D eigenvalue weighted by Gasteiger charge is 2.10. The molecular formula is C20H16ClN3. The molecule has 3 nitrogen and oxygen atoms in total. The molecule has 0 aliphatic rings. The number of hydrogen-bond acceptors (Lipinski definition) is 2. The van der Waals surface area contributed by atoms with Crippen LogP contribution in [0.5, 0.6) is 0 Å². The molecule has 0 bridgehead atoms. The van der Waals surface area contributed by atoms with Crippen LogP contribution in [0.4, 0.5) is 0 Å². The van der Waals surface area contributed by atoms with Crippen molar-refractivity contribution in [3.05, 3.63) is 77.1 Å². The van der Waals surface area contributed by atoms with Crippen LogP contribution in [0.3, 0.4) is 0 Å². The van der Waals surface area contributed by atoms with Crippen LogP contribution in [0.25, 0.3) is 27.8 Å². The molecule has 0 aliphatic heterocycles. The fourth-order valence-electron chi connectivity index (χ4n) is 2.93. The van der Waals surface area contributed by atoms with Gasteiger partial charge in [0.1, 0.15) is 0 Å². The first-order chi connectivity index (χ1) is 11.6. The summed E-state index contributed by atoms with van der Waals surface area (Å²) in [6, 6.07) is 16.1. The number of benzene rings is 2. The highest BCUT2D eigenvalue weighted by Crippen LogP contribution is 2.26. The summed E-state index contributed by atoms with van der Waals surface area (Å²) in [4.78, 5) is 4.77. The Bertz CT molecular complexity index is 1050. The lowest BCUT2D eigenvalue weighted by atomic mass is 10.1. The second kappa shape index (κ2) is 5.77. The van der Waals surface area contributed by atoms with E-state index in [1.807, 2.05) is 60.4 Å². The molecule has 0 atom stereocenters. The van der Waals surface area contributed by atoms with Gasteiger partial charge in [-0.2, -0.15) is 5.10 Å². The first kappa shape index (κ1) is 14.9. The number of aryl methyl sites for hydroxylation is 1. The normalized spacial score (nSPS) is 11.1. The predicted octanol–water partition coefficient (Wildman–Crippen LogP) is 5.36. The van der Waals surface area contributed by atoms with Crippen LogP contribution < -0.4 is 0 Å². The zero-order chi connectivity index (χ0) is 16.7. The SMILES string of the molecule is Cc1c(Cl)cccc1-n1cc(-c2cc(C)c3ccccc3n2)cn1. The predicted molar refractivity (Wildman–Crippen MR) is 98.8 cm³/mol. The molecule has 0 fully saturated rings. The van der Waals surface area contributed by atoms with Crippen molar-refractivity contribution in [2.45, 2.75) is 13.8 Å². The molecule has 0 saturated heterocycles. The average molecular weight is 334 g/mol. The molecule has 24 heavy (non-hydrogen) atoms. The first-order valence-electron chi connectivity index (χ1n) is 7.80. The van der Waals surface area contributed by atoms with Gasteiger partial charge in [-0.1, -0.05) is 35.9 Å². The van der Waals surface area contributed by atoms with Crippen molar-refractivity contribution in [3.63, 3.8) is 0 Å². The molecule has 4 rings (SSSR count). The Morgan fingerprint density at radius 1 is 1.00 bits per heavy atom. The molecule has 0 radical (unpaired) electrons. The van der Waals surface area contributed by atoms with E-state index in [1.54, 1.807) is 0 Å². The standard InChI is InChI=1S/C20H16ClN3/c1-13-10-19(23-18-8-4-3-6-16(13)18)15-11-22-24(12-15)20-9-5-7-17(21)14(20)2/h3-12H,1-2H3. The van der Waals surface area contributed by atoms with E-state index >= 15 is 0 Å². The zero-order valence-electron chi connectivity index (χ0n) is 13.5. The fraction of sp³-hybridized carbons (Fsp3) is 0.100. The van der Waals surface area contributed by atoms with Crippen molar-refractivity contribution < 1.29 is 0 Å². The summed E-state index contributed by atoms with van der Waals surface area (Å²) in [5, 5.41) is 6.41. The molecule has 118 valence electrons. The topological polar surface area (TPSA) is 30.7 Å². The van der Waals surface area contributed by atoms with Crippen molar-refractivity contribution in [1.82, 2.24) is 14.8 Å². The van der Waals surface area contributed by atoms with Gasteiger partial charge in [-0.3, -0.25) is 0 Å². The Labute approximate surface area is 145 Å². The monoisotopic (exact) mass is 333 g/mol. The van der Waals surface area contributed by atoms with E-state index < -0.39 is 0 Å². The van der Waals surface area contributed by atoms with Gasteiger partial charge in [-0.05, 0) is 49.2 Å². The molecule has 0 N–H and O–H groups in total. The van der Waals surface area contributed by atoms with Crippen molar-refractivity contribution in [2.75, 3.05) is 0 Å². The van der Waals surface area contributed by atoms with E-state index in [-0.39, 0.29) is 0 Å². The van der Waals surface area contributed by atoms with Crippen LogP contribution in [0.2, 0.25) is 5.02 Å². The fourth-order valence-corrected chi connectivity index (χ4v) is 3.10. The van der Waals surface area contributed by atoms with Crippen LogP contribution in [0.1, 0.15) is 11.1 Å². The van der Waals surface area contributed by atoms with Crippen molar-refractivity contribution in [1.29, 1.82) is 0 Å². The van der Waals surface area contributed by atoms with Gasteiger partial charge < -0.3 is 0 Å². The highest BCUT2D eigenvalue weighted by atomic mass is 35.5. The summed E-state index contributed by atoms with van der Waals surface area (Å²) in [7, 11) is 0. The Morgan fingerprint density at radius 3 is 2.71 bits per heavy atom. The van der Waals surface area contributed by atoms with E-state index in [9.17, 15) is 0 Å². The van der Waals surface area contributed by atoms with Gasteiger partial charge in [0.2, 0.25) is 0 Å². The summed E-state index contributed by atoms with van der Waals surface area (Å²) in [5.41, 5.74) is 6.12. The number of hydrogen-bond donors (Lipinski definition) is 0. The summed E-state index contributed by atoms with van der Waals surface area (Å²) >= 11 is 6.22. The van der Waals surface area contributed by atoms with E-state index in [4.69, 9.17) is 16.6 Å². The molecule has 0 saturated carbocycles. The third kappa shape index (κ3) is 2.47. The first-order valence-corrected chi connectivity index (χ1v) is 8.18. The van der Waals surface area contributed by atoms with Crippen LogP contribution in [-0.2, 0) is 0 Å². The minimum Gasteiger partial charge on any atom is -0.248 e. The van der Waals surface area contributed by atoms with Gasteiger partial charge in [0.25, 0.3) is 0 Å². The smallest absolute Gasteiger partial charge is 0.0744 e. The third-order valence-corrected chi connectivity index (χ3v) is 4.70. The molecule has 0 unspecified atom stereocenters. The van der Waals surface area contributed by atoms with Gasteiger partial charge in [0, 0.05) is 22.2 Å². The summed E-state index contributed by atoms with van der Waals surface area (Å²) < 4.78 is 1.85. The zero-order valence-corrected chi connectivity index (χ0v) is 14.2. The minimum absolute atomic E-state index is 0.740. The molecule has 2 aromatic heterocycles. The molecule has 2 heterocycles. The lowest BCUT2D eigenvalue weighted by molar-refractivity contribution is 0.873. The van der Waals surface area contributed by atoms with E-state index in [2.05, 4.69) is 24.2 Å². The number of pyridine rings is 1. The number of nitrogens with zero attached hydrogens (tertiary/aromatic N) is 3.